The molecule has 0 aromatic carbocycles. The van der Waals surface area contributed by atoms with Gasteiger partial charge in [0.1, 0.15) is 5.72 Å². The number of rotatable bonds is 18. The Morgan fingerprint density at radius 2 is 0.880 bits per heavy atom. The number of unbranched alkanes of at least 4 members (excludes halogenated alkanes) is 15. The van der Waals surface area contributed by atoms with Crippen molar-refractivity contribution in [2.24, 2.45) is 0 Å². The summed E-state index contributed by atoms with van der Waals surface area (Å²) < 4.78 is 0. The molecule has 0 saturated carbocycles. The van der Waals surface area contributed by atoms with Crippen LogP contribution in [0.3, 0.4) is 0 Å². The second kappa shape index (κ2) is 18.7. The summed E-state index contributed by atoms with van der Waals surface area (Å²) in [5.41, 5.74) is -0.629. The van der Waals surface area contributed by atoms with Gasteiger partial charge in [-0.1, -0.05) is 103 Å². The van der Waals surface area contributed by atoms with Gasteiger partial charge in [0.25, 0.3) is 0 Å². The van der Waals surface area contributed by atoms with E-state index in [1.165, 1.54) is 96.3 Å². The maximum Gasteiger partial charge on any atom is 0.115 e. The third-order valence-corrected chi connectivity index (χ3v) is 5.47. The molecule has 0 fully saturated rings. The van der Waals surface area contributed by atoms with Crippen LogP contribution in [0.2, 0.25) is 0 Å². The van der Waals surface area contributed by atoms with Crippen molar-refractivity contribution in [3.63, 3.8) is 0 Å². The van der Waals surface area contributed by atoms with Crippen molar-refractivity contribution in [2.75, 3.05) is 14.1 Å². The van der Waals surface area contributed by atoms with Gasteiger partial charge in [-0.15, -0.1) is 0 Å². The fourth-order valence-corrected chi connectivity index (χ4v) is 3.23. The van der Waals surface area contributed by atoms with Crippen molar-refractivity contribution < 1.29 is 10.6 Å². The lowest BCUT2D eigenvalue weighted by Crippen LogP contribution is -2.40. The van der Waals surface area contributed by atoms with Gasteiger partial charge in [0.2, 0.25) is 0 Å². The molecule has 3 nitrogen and oxygen atoms in total. The predicted octanol–water partition coefficient (Wildman–Crippen LogP) is 6.08. The van der Waals surface area contributed by atoms with Crippen molar-refractivity contribution in [3.8, 4) is 0 Å². The molecule has 0 aliphatic rings. The molecular weight excluding hydrogens is 310 g/mol. The molecule has 0 bridgehead atoms. The van der Waals surface area contributed by atoms with Crippen LogP contribution in [-0.2, 0) is 0 Å². The van der Waals surface area contributed by atoms with E-state index >= 15 is 0 Å². The molecule has 1 unspecified atom stereocenters. The van der Waals surface area contributed by atoms with E-state index in [2.05, 4.69) is 6.92 Å². The first-order chi connectivity index (χ1) is 11.5. The van der Waals surface area contributed by atoms with Gasteiger partial charge in [-0.05, 0) is 33.9 Å². The Balaban J connectivity index is 0. The van der Waals surface area contributed by atoms with E-state index in [1.807, 2.05) is 25.9 Å². The molecule has 1 atom stereocenters. The number of aliphatic hydroxyl groups is 1. The third-order valence-electron chi connectivity index (χ3n) is 5.47. The van der Waals surface area contributed by atoms with Gasteiger partial charge in [0.05, 0.1) is 0 Å². The molecule has 0 aromatic heterocycles. The standard InChI is InChI=1S/C22H47NO.H2O/c1-5-6-7-8-9-10-11-12-13-14-15-16-17-18-19-20-21-22(2,24)23(3)4;/h24H,5-21H2,1-4H3;1H2. The zero-order chi connectivity index (χ0) is 18.1. The first-order valence-electron chi connectivity index (χ1n) is 10.9. The Bertz CT molecular complexity index is 254. The largest absolute Gasteiger partial charge is 0.412 e. The maximum absolute atomic E-state index is 10.1. The summed E-state index contributed by atoms with van der Waals surface area (Å²) in [6, 6.07) is 0. The van der Waals surface area contributed by atoms with Crippen LogP contribution in [0.1, 0.15) is 123 Å². The lowest BCUT2D eigenvalue weighted by molar-refractivity contribution is -0.0734. The highest BCUT2D eigenvalue weighted by molar-refractivity contribution is 4.68. The number of hydrogen-bond donors (Lipinski definition) is 1. The van der Waals surface area contributed by atoms with E-state index < -0.39 is 5.72 Å². The molecule has 25 heavy (non-hydrogen) atoms. The lowest BCUT2D eigenvalue weighted by atomic mass is 10.0. The van der Waals surface area contributed by atoms with Crippen LogP contribution in [-0.4, -0.2) is 35.3 Å². The molecule has 3 N–H and O–H groups in total. The highest BCUT2D eigenvalue weighted by Gasteiger charge is 2.21. The fourth-order valence-electron chi connectivity index (χ4n) is 3.23. The predicted molar refractivity (Wildman–Crippen MR) is 112 cm³/mol. The van der Waals surface area contributed by atoms with Gasteiger partial charge >= 0.3 is 0 Å². The first-order valence-corrected chi connectivity index (χ1v) is 10.9. The van der Waals surface area contributed by atoms with Crippen LogP contribution in [0.15, 0.2) is 0 Å². The minimum absolute atomic E-state index is 0. The zero-order valence-electron chi connectivity index (χ0n) is 17.9. The van der Waals surface area contributed by atoms with Crippen LogP contribution in [0.5, 0.6) is 0 Å². The summed E-state index contributed by atoms with van der Waals surface area (Å²) in [6.45, 7) is 4.20. The zero-order valence-corrected chi connectivity index (χ0v) is 17.9. The molecule has 3 heteroatoms. The molecule has 0 spiro atoms. The average molecular weight is 360 g/mol. The van der Waals surface area contributed by atoms with Crippen LogP contribution >= 0.6 is 0 Å². The summed E-state index contributed by atoms with van der Waals surface area (Å²) in [6.07, 6.45) is 23.2. The lowest BCUT2D eigenvalue weighted by Gasteiger charge is -2.30. The molecule has 0 amide bonds. The van der Waals surface area contributed by atoms with Gasteiger partial charge in [-0.2, -0.15) is 0 Å². The van der Waals surface area contributed by atoms with Crippen molar-refractivity contribution in [3.05, 3.63) is 0 Å². The van der Waals surface area contributed by atoms with Gasteiger partial charge in [-0.3, -0.25) is 4.90 Å². The summed E-state index contributed by atoms with van der Waals surface area (Å²) in [4.78, 5) is 1.91. The minimum Gasteiger partial charge on any atom is -0.412 e. The Hall–Kier alpha value is -0.120. The highest BCUT2D eigenvalue weighted by atomic mass is 16.3. The van der Waals surface area contributed by atoms with Gasteiger partial charge in [-0.25, -0.2) is 0 Å². The monoisotopic (exact) mass is 359 g/mol. The SMILES string of the molecule is CCCCCCCCCCCCCCCCCCC(C)(O)N(C)C.O. The second-order valence-electron chi connectivity index (χ2n) is 8.16. The van der Waals surface area contributed by atoms with E-state index in [4.69, 9.17) is 0 Å². The molecular formula is C22H49NO2. The molecule has 0 saturated heterocycles. The fraction of sp³-hybridized carbons (Fsp3) is 1.00. The van der Waals surface area contributed by atoms with E-state index in [0.717, 1.165) is 12.8 Å². The Labute approximate surface area is 158 Å². The normalized spacial score (nSPS) is 13.7. The highest BCUT2D eigenvalue weighted by Crippen LogP contribution is 2.18. The van der Waals surface area contributed by atoms with Crippen LogP contribution in [0, 0.1) is 0 Å². The Morgan fingerprint density at radius 3 is 1.16 bits per heavy atom. The van der Waals surface area contributed by atoms with Crippen molar-refractivity contribution in [2.45, 2.75) is 129 Å². The first kappa shape index (κ1) is 27.1. The van der Waals surface area contributed by atoms with E-state index in [0.29, 0.717) is 0 Å². The van der Waals surface area contributed by atoms with Crippen LogP contribution in [0.4, 0.5) is 0 Å². The van der Waals surface area contributed by atoms with E-state index in [-0.39, 0.29) is 5.48 Å². The van der Waals surface area contributed by atoms with Crippen LogP contribution < -0.4 is 0 Å². The van der Waals surface area contributed by atoms with Crippen molar-refractivity contribution >= 4 is 0 Å². The molecule has 0 aromatic rings. The van der Waals surface area contributed by atoms with E-state index in [9.17, 15) is 5.11 Å². The molecule has 0 aliphatic heterocycles. The quantitative estimate of drug-likeness (QED) is 0.238. The maximum atomic E-state index is 10.1. The van der Waals surface area contributed by atoms with Gasteiger partial charge < -0.3 is 10.6 Å². The molecule has 154 valence electrons. The smallest absolute Gasteiger partial charge is 0.115 e. The summed E-state index contributed by atoms with van der Waals surface area (Å²) in [5, 5.41) is 10.1. The topological polar surface area (TPSA) is 55.0 Å². The van der Waals surface area contributed by atoms with Crippen LogP contribution in [0.25, 0.3) is 0 Å². The molecule has 0 aliphatic carbocycles. The van der Waals surface area contributed by atoms with Gasteiger partial charge in [0.15, 0.2) is 0 Å². The molecule has 0 heterocycles. The second-order valence-corrected chi connectivity index (χ2v) is 8.16. The summed E-state index contributed by atoms with van der Waals surface area (Å²) in [5.74, 6) is 0. The van der Waals surface area contributed by atoms with Crippen molar-refractivity contribution in [1.29, 1.82) is 0 Å². The Morgan fingerprint density at radius 1 is 0.600 bits per heavy atom. The Kier molecular flexibility index (Phi) is 20.2. The molecule has 0 rings (SSSR count). The summed E-state index contributed by atoms with van der Waals surface area (Å²) in [7, 11) is 3.90. The summed E-state index contributed by atoms with van der Waals surface area (Å²) >= 11 is 0. The minimum atomic E-state index is -0.629. The number of nitrogens with zero attached hydrogens (tertiary/aromatic N) is 1. The molecule has 0 radical (unpaired) electrons. The average Bonchev–Trinajstić information content (AvgIpc) is 2.54. The van der Waals surface area contributed by atoms with Crippen molar-refractivity contribution in [1.82, 2.24) is 4.90 Å². The van der Waals surface area contributed by atoms with Gasteiger partial charge in [0, 0.05) is 0 Å². The number of hydrogen-bond acceptors (Lipinski definition) is 2. The third kappa shape index (κ3) is 18.5. The van der Waals surface area contributed by atoms with E-state index in [1.54, 1.807) is 0 Å².